The second-order valence-corrected chi connectivity index (χ2v) is 5.20. The number of fused-ring (bicyclic) bond motifs is 1. The summed E-state index contributed by atoms with van der Waals surface area (Å²) in [4.78, 5) is 19.7. The highest BCUT2D eigenvalue weighted by molar-refractivity contribution is 9.10. The number of aromatic nitrogens is 2. The van der Waals surface area contributed by atoms with Crippen LogP contribution in [-0.4, -0.2) is 15.9 Å². The predicted molar refractivity (Wildman–Crippen MR) is 81.6 cm³/mol. The van der Waals surface area contributed by atoms with Crippen LogP contribution in [0.2, 0.25) is 0 Å². The summed E-state index contributed by atoms with van der Waals surface area (Å²) in [6.07, 6.45) is 4.37. The first-order valence-electron chi connectivity index (χ1n) is 5.98. The molecule has 0 aliphatic heterocycles. The van der Waals surface area contributed by atoms with Crippen molar-refractivity contribution in [2.24, 2.45) is 0 Å². The summed E-state index contributed by atoms with van der Waals surface area (Å²) in [6.45, 7) is 0. The first-order chi connectivity index (χ1) is 9.72. The average Bonchev–Trinajstić information content (AvgIpc) is 2.48. The molecule has 1 heterocycles. The fourth-order valence-corrected chi connectivity index (χ4v) is 2.29. The Bertz CT molecular complexity index is 774. The molecule has 20 heavy (non-hydrogen) atoms. The van der Waals surface area contributed by atoms with Crippen molar-refractivity contribution in [3.63, 3.8) is 0 Å². The molecule has 0 fully saturated rings. The van der Waals surface area contributed by atoms with Crippen LogP contribution in [0.1, 0.15) is 10.4 Å². The predicted octanol–water partition coefficient (Wildman–Crippen LogP) is 3.64. The van der Waals surface area contributed by atoms with Gasteiger partial charge in [0.1, 0.15) is 6.33 Å². The third kappa shape index (κ3) is 2.67. The molecular formula is C15H10BrN3O. The average molecular weight is 328 g/mol. The maximum atomic E-state index is 12.0. The van der Waals surface area contributed by atoms with Crippen LogP contribution in [0.25, 0.3) is 10.8 Å². The molecule has 0 aliphatic rings. The molecule has 0 radical (unpaired) electrons. The molecule has 0 unspecified atom stereocenters. The third-order valence-corrected chi connectivity index (χ3v) is 3.38. The van der Waals surface area contributed by atoms with E-state index in [1.807, 2.05) is 36.4 Å². The van der Waals surface area contributed by atoms with Gasteiger partial charge in [0.15, 0.2) is 0 Å². The molecule has 2 aromatic carbocycles. The van der Waals surface area contributed by atoms with Crippen molar-refractivity contribution in [2.75, 3.05) is 5.32 Å². The standard InChI is InChI=1S/C15H10BrN3O/c16-13-3-1-11-6-14(4-2-10(11)5-13)19-15(20)12-7-17-9-18-8-12/h1-9H,(H,19,20). The number of hydrogen-bond acceptors (Lipinski definition) is 3. The largest absolute Gasteiger partial charge is 0.322 e. The van der Waals surface area contributed by atoms with Crippen LogP contribution in [0.3, 0.4) is 0 Å². The third-order valence-electron chi connectivity index (χ3n) is 2.88. The zero-order valence-corrected chi connectivity index (χ0v) is 12.0. The maximum absolute atomic E-state index is 12.0. The van der Waals surface area contributed by atoms with E-state index in [4.69, 9.17) is 0 Å². The van der Waals surface area contributed by atoms with Crippen LogP contribution >= 0.6 is 15.9 Å². The minimum absolute atomic E-state index is 0.220. The first-order valence-corrected chi connectivity index (χ1v) is 6.77. The number of amides is 1. The summed E-state index contributed by atoms with van der Waals surface area (Å²) < 4.78 is 1.03. The molecule has 1 amide bonds. The Labute approximate surface area is 124 Å². The Morgan fingerprint density at radius 1 is 1.00 bits per heavy atom. The summed E-state index contributed by atoms with van der Waals surface area (Å²) in [5, 5.41) is 5.01. The van der Waals surface area contributed by atoms with Crippen molar-refractivity contribution < 1.29 is 4.79 Å². The molecular weight excluding hydrogens is 318 g/mol. The van der Waals surface area contributed by atoms with E-state index < -0.39 is 0 Å². The van der Waals surface area contributed by atoms with Crippen molar-refractivity contribution in [2.45, 2.75) is 0 Å². The maximum Gasteiger partial charge on any atom is 0.258 e. The number of benzene rings is 2. The fourth-order valence-electron chi connectivity index (χ4n) is 1.91. The van der Waals surface area contributed by atoms with Gasteiger partial charge in [0.05, 0.1) is 5.56 Å². The Hall–Kier alpha value is -2.27. The molecule has 1 aromatic heterocycles. The van der Waals surface area contributed by atoms with Crippen LogP contribution in [0.15, 0.2) is 59.6 Å². The van der Waals surface area contributed by atoms with Crippen LogP contribution in [0.4, 0.5) is 5.69 Å². The Morgan fingerprint density at radius 2 is 1.70 bits per heavy atom. The quantitative estimate of drug-likeness (QED) is 0.781. The van der Waals surface area contributed by atoms with E-state index in [1.54, 1.807) is 0 Å². The van der Waals surface area contributed by atoms with Gasteiger partial charge in [-0.25, -0.2) is 9.97 Å². The number of nitrogens with one attached hydrogen (secondary N) is 1. The van der Waals surface area contributed by atoms with Gasteiger partial charge in [-0.1, -0.05) is 28.1 Å². The fraction of sp³-hybridized carbons (Fsp3) is 0. The van der Waals surface area contributed by atoms with Gasteiger partial charge in [0.25, 0.3) is 5.91 Å². The monoisotopic (exact) mass is 327 g/mol. The molecule has 1 N–H and O–H groups in total. The summed E-state index contributed by atoms with van der Waals surface area (Å²) in [5.74, 6) is -0.220. The number of halogens is 1. The SMILES string of the molecule is O=C(Nc1ccc2cc(Br)ccc2c1)c1cncnc1. The zero-order chi connectivity index (χ0) is 13.9. The molecule has 5 heteroatoms. The highest BCUT2D eigenvalue weighted by Crippen LogP contribution is 2.23. The van der Waals surface area contributed by atoms with Gasteiger partial charge in [-0.3, -0.25) is 4.79 Å². The second kappa shape index (κ2) is 5.38. The molecule has 3 aromatic rings. The highest BCUT2D eigenvalue weighted by atomic mass is 79.9. The van der Waals surface area contributed by atoms with Crippen LogP contribution in [0.5, 0.6) is 0 Å². The normalized spacial score (nSPS) is 10.4. The number of carbonyl (C=O) groups is 1. The van der Waals surface area contributed by atoms with Gasteiger partial charge in [0, 0.05) is 22.6 Å². The Balaban J connectivity index is 1.88. The summed E-state index contributed by atoms with van der Waals surface area (Å²) >= 11 is 3.44. The molecule has 3 rings (SSSR count). The molecule has 0 saturated carbocycles. The molecule has 0 atom stereocenters. The molecule has 0 saturated heterocycles. The number of nitrogens with zero attached hydrogens (tertiary/aromatic N) is 2. The van der Waals surface area contributed by atoms with Crippen LogP contribution in [-0.2, 0) is 0 Å². The van der Waals surface area contributed by atoms with Crippen molar-refractivity contribution >= 4 is 38.3 Å². The number of anilines is 1. The van der Waals surface area contributed by atoms with E-state index in [-0.39, 0.29) is 5.91 Å². The minimum atomic E-state index is -0.220. The first kappa shape index (κ1) is 12.7. The van der Waals surface area contributed by atoms with E-state index in [2.05, 4.69) is 31.2 Å². The van der Waals surface area contributed by atoms with Gasteiger partial charge in [-0.2, -0.15) is 0 Å². The van der Waals surface area contributed by atoms with Gasteiger partial charge in [0.2, 0.25) is 0 Å². The van der Waals surface area contributed by atoms with Crippen molar-refractivity contribution in [1.29, 1.82) is 0 Å². The molecule has 0 bridgehead atoms. The lowest BCUT2D eigenvalue weighted by Gasteiger charge is -2.06. The lowest BCUT2D eigenvalue weighted by molar-refractivity contribution is 0.102. The van der Waals surface area contributed by atoms with Crippen molar-refractivity contribution in [1.82, 2.24) is 9.97 Å². The van der Waals surface area contributed by atoms with Crippen molar-refractivity contribution in [3.05, 3.63) is 65.2 Å². The summed E-state index contributed by atoms with van der Waals surface area (Å²) in [7, 11) is 0. The molecule has 4 nitrogen and oxygen atoms in total. The summed E-state index contributed by atoms with van der Waals surface area (Å²) in [5.41, 5.74) is 1.18. The number of carbonyl (C=O) groups excluding carboxylic acids is 1. The Kier molecular flexibility index (Phi) is 3.43. The van der Waals surface area contributed by atoms with Crippen LogP contribution in [0, 0.1) is 0 Å². The Morgan fingerprint density at radius 3 is 2.50 bits per heavy atom. The van der Waals surface area contributed by atoms with Gasteiger partial charge in [-0.05, 0) is 35.0 Å². The topological polar surface area (TPSA) is 54.9 Å². The second-order valence-electron chi connectivity index (χ2n) is 4.29. The lowest BCUT2D eigenvalue weighted by Crippen LogP contribution is -2.12. The smallest absolute Gasteiger partial charge is 0.258 e. The van der Waals surface area contributed by atoms with E-state index in [0.717, 1.165) is 20.9 Å². The molecule has 0 spiro atoms. The van der Waals surface area contributed by atoms with E-state index in [9.17, 15) is 4.79 Å². The van der Waals surface area contributed by atoms with Crippen molar-refractivity contribution in [3.8, 4) is 0 Å². The number of rotatable bonds is 2. The summed E-state index contributed by atoms with van der Waals surface area (Å²) in [6, 6.07) is 11.8. The lowest BCUT2D eigenvalue weighted by atomic mass is 10.1. The van der Waals surface area contributed by atoms with E-state index in [0.29, 0.717) is 5.56 Å². The van der Waals surface area contributed by atoms with Gasteiger partial charge in [-0.15, -0.1) is 0 Å². The molecule has 0 aliphatic carbocycles. The van der Waals surface area contributed by atoms with Gasteiger partial charge < -0.3 is 5.32 Å². The molecule has 98 valence electrons. The van der Waals surface area contributed by atoms with E-state index in [1.165, 1.54) is 18.7 Å². The van der Waals surface area contributed by atoms with E-state index >= 15 is 0 Å². The zero-order valence-electron chi connectivity index (χ0n) is 10.4. The highest BCUT2D eigenvalue weighted by Gasteiger charge is 2.06. The van der Waals surface area contributed by atoms with Crippen LogP contribution < -0.4 is 5.32 Å². The van der Waals surface area contributed by atoms with Gasteiger partial charge >= 0.3 is 0 Å². The minimum Gasteiger partial charge on any atom is -0.322 e. The number of hydrogen-bond donors (Lipinski definition) is 1.